The monoisotopic (exact) mass is 277 g/mol. The van der Waals surface area contributed by atoms with Gasteiger partial charge in [0.2, 0.25) is 0 Å². The first kappa shape index (κ1) is 14.3. The number of carbonyl (C=O) groups is 2. The van der Waals surface area contributed by atoms with E-state index in [9.17, 15) is 9.59 Å². The van der Waals surface area contributed by atoms with Gasteiger partial charge in [0.15, 0.2) is 0 Å². The largest absolute Gasteiger partial charge is 0.481 e. The molecule has 1 aliphatic rings. The first-order valence-corrected chi connectivity index (χ1v) is 6.74. The molecule has 20 heavy (non-hydrogen) atoms. The Hall–Kier alpha value is -2.11. The lowest BCUT2D eigenvalue weighted by atomic mass is 10.0. The Balaban J connectivity index is 2.01. The lowest BCUT2D eigenvalue weighted by Crippen LogP contribution is -2.40. The van der Waals surface area contributed by atoms with Crippen molar-refractivity contribution in [2.24, 2.45) is 5.92 Å². The van der Waals surface area contributed by atoms with Crippen molar-refractivity contribution in [3.8, 4) is 0 Å². The minimum absolute atomic E-state index is 0.0172. The summed E-state index contributed by atoms with van der Waals surface area (Å²) < 4.78 is 0. The molecule has 2 amide bonds. The number of carboxylic acid groups (broad SMARTS) is 1. The number of urea groups is 1. The van der Waals surface area contributed by atoms with Gasteiger partial charge >= 0.3 is 12.0 Å². The maximum absolute atomic E-state index is 12.2. The number of carbonyl (C=O) groups excluding carboxylic acids is 1. The van der Waals surface area contributed by atoms with Crippen LogP contribution < -0.4 is 5.32 Å². The fourth-order valence-corrected chi connectivity index (χ4v) is 2.54. The van der Waals surface area contributed by atoms with Crippen LogP contribution in [0.4, 0.5) is 4.79 Å². The normalized spacial score (nSPS) is 21.8. The summed E-state index contributed by atoms with van der Waals surface area (Å²) in [6.07, 6.45) is 4.32. The van der Waals surface area contributed by atoms with Crippen molar-refractivity contribution >= 4 is 12.0 Å². The van der Waals surface area contributed by atoms with Gasteiger partial charge in [-0.25, -0.2) is 4.79 Å². The molecule has 0 aliphatic carbocycles. The first-order chi connectivity index (χ1) is 9.58. The molecule has 0 saturated carbocycles. The average Bonchev–Trinajstić information content (AvgIpc) is 2.81. The molecular formula is C14H19N3O3. The number of hydrogen-bond acceptors (Lipinski definition) is 3. The Kier molecular flexibility index (Phi) is 4.55. The summed E-state index contributed by atoms with van der Waals surface area (Å²) in [6.45, 7) is 2.94. The lowest BCUT2D eigenvalue weighted by Gasteiger charge is -2.25. The molecule has 6 nitrogen and oxygen atoms in total. The van der Waals surface area contributed by atoms with E-state index in [1.54, 1.807) is 17.3 Å². The molecule has 1 fully saturated rings. The van der Waals surface area contributed by atoms with E-state index in [1.807, 2.05) is 12.1 Å². The maximum Gasteiger partial charge on any atom is 0.317 e. The van der Waals surface area contributed by atoms with Gasteiger partial charge in [0.05, 0.1) is 12.5 Å². The van der Waals surface area contributed by atoms with Crippen molar-refractivity contribution in [2.45, 2.75) is 25.8 Å². The predicted octanol–water partition coefficient (Wildman–Crippen LogP) is 1.65. The van der Waals surface area contributed by atoms with Crippen LogP contribution in [0.25, 0.3) is 0 Å². The third kappa shape index (κ3) is 3.46. The smallest absolute Gasteiger partial charge is 0.317 e. The Labute approximate surface area is 117 Å². The van der Waals surface area contributed by atoms with Crippen molar-refractivity contribution < 1.29 is 14.7 Å². The number of hydrogen-bond donors (Lipinski definition) is 2. The number of pyridine rings is 1. The molecule has 2 heterocycles. The van der Waals surface area contributed by atoms with E-state index < -0.39 is 5.97 Å². The highest BCUT2D eigenvalue weighted by Gasteiger charge is 2.34. The molecule has 0 spiro atoms. The molecule has 2 unspecified atom stereocenters. The van der Waals surface area contributed by atoms with Crippen molar-refractivity contribution in [1.82, 2.24) is 15.2 Å². The molecule has 1 saturated heterocycles. The highest BCUT2D eigenvalue weighted by atomic mass is 16.4. The summed E-state index contributed by atoms with van der Waals surface area (Å²) >= 11 is 0. The van der Waals surface area contributed by atoms with Crippen molar-refractivity contribution in [2.75, 3.05) is 13.1 Å². The molecule has 1 aromatic rings. The van der Waals surface area contributed by atoms with Crippen molar-refractivity contribution in [3.63, 3.8) is 0 Å². The second kappa shape index (κ2) is 6.36. The molecule has 0 radical (unpaired) electrons. The molecule has 0 bridgehead atoms. The topological polar surface area (TPSA) is 82.5 Å². The number of amides is 2. The molecule has 6 heteroatoms. The zero-order valence-corrected chi connectivity index (χ0v) is 11.5. The highest BCUT2D eigenvalue weighted by Crippen LogP contribution is 2.34. The third-order valence-electron chi connectivity index (χ3n) is 3.46. The van der Waals surface area contributed by atoms with Crippen LogP contribution in [0.3, 0.4) is 0 Å². The number of nitrogens with one attached hydrogen (secondary N) is 1. The van der Waals surface area contributed by atoms with E-state index in [0.717, 1.165) is 12.0 Å². The summed E-state index contributed by atoms with van der Waals surface area (Å²) in [5.41, 5.74) is 1.02. The van der Waals surface area contributed by atoms with Crippen LogP contribution >= 0.6 is 0 Å². The fourth-order valence-electron chi connectivity index (χ4n) is 2.54. The standard InChI is InChI=1S/C14H19N3O3/c1-10-7-12(11-3-2-5-15-8-11)17(9-10)14(20)16-6-4-13(18)19/h2-3,5,8,10,12H,4,6-7,9H2,1H3,(H,16,20)(H,18,19). The SMILES string of the molecule is CC1CC(c2cccnc2)N(C(=O)NCCC(=O)O)C1. The summed E-state index contributed by atoms with van der Waals surface area (Å²) in [5.74, 6) is -0.491. The second-order valence-corrected chi connectivity index (χ2v) is 5.17. The summed E-state index contributed by atoms with van der Waals surface area (Å²) in [4.78, 5) is 28.5. The van der Waals surface area contributed by atoms with Gasteiger partial charge in [-0.15, -0.1) is 0 Å². The summed E-state index contributed by atoms with van der Waals surface area (Å²) in [7, 11) is 0. The minimum Gasteiger partial charge on any atom is -0.481 e. The average molecular weight is 277 g/mol. The Morgan fingerprint density at radius 3 is 3.00 bits per heavy atom. The van der Waals surface area contributed by atoms with E-state index in [4.69, 9.17) is 5.11 Å². The van der Waals surface area contributed by atoms with E-state index in [0.29, 0.717) is 12.5 Å². The predicted molar refractivity (Wildman–Crippen MR) is 73.1 cm³/mol. The van der Waals surface area contributed by atoms with Crippen LogP contribution in [0.1, 0.15) is 31.4 Å². The van der Waals surface area contributed by atoms with Crippen molar-refractivity contribution in [3.05, 3.63) is 30.1 Å². The quantitative estimate of drug-likeness (QED) is 0.876. The summed E-state index contributed by atoms with van der Waals surface area (Å²) in [6, 6.07) is 3.64. The van der Waals surface area contributed by atoms with E-state index in [-0.39, 0.29) is 25.0 Å². The van der Waals surface area contributed by atoms with Gasteiger partial charge in [-0.05, 0) is 24.0 Å². The van der Waals surface area contributed by atoms with E-state index in [1.165, 1.54) is 0 Å². The number of nitrogens with zero attached hydrogens (tertiary/aromatic N) is 2. The van der Waals surface area contributed by atoms with Gasteiger partial charge in [0.25, 0.3) is 0 Å². The van der Waals surface area contributed by atoms with Crippen LogP contribution in [-0.2, 0) is 4.79 Å². The Morgan fingerprint density at radius 2 is 2.35 bits per heavy atom. The van der Waals surface area contributed by atoms with Crippen molar-refractivity contribution in [1.29, 1.82) is 0 Å². The molecule has 0 aromatic carbocycles. The zero-order chi connectivity index (χ0) is 14.5. The number of aromatic nitrogens is 1. The highest BCUT2D eigenvalue weighted by molar-refractivity contribution is 5.76. The van der Waals surface area contributed by atoms with Crippen LogP contribution in [0, 0.1) is 5.92 Å². The molecule has 2 N–H and O–H groups in total. The Bertz CT molecular complexity index is 478. The third-order valence-corrected chi connectivity index (χ3v) is 3.46. The molecule has 1 aliphatic heterocycles. The maximum atomic E-state index is 12.2. The minimum atomic E-state index is -0.913. The lowest BCUT2D eigenvalue weighted by molar-refractivity contribution is -0.136. The van der Waals surface area contributed by atoms with Crippen LogP contribution in [0.5, 0.6) is 0 Å². The van der Waals surface area contributed by atoms with Crippen LogP contribution in [-0.4, -0.2) is 40.1 Å². The summed E-state index contributed by atoms with van der Waals surface area (Å²) in [5, 5.41) is 11.3. The Morgan fingerprint density at radius 1 is 1.55 bits per heavy atom. The van der Waals surface area contributed by atoms with Gasteiger partial charge in [0.1, 0.15) is 0 Å². The second-order valence-electron chi connectivity index (χ2n) is 5.17. The zero-order valence-electron chi connectivity index (χ0n) is 11.5. The number of carboxylic acids is 1. The van der Waals surface area contributed by atoms with E-state index >= 15 is 0 Å². The van der Waals surface area contributed by atoms with E-state index in [2.05, 4.69) is 17.2 Å². The molecule has 2 rings (SSSR count). The van der Waals surface area contributed by atoms with Gasteiger partial charge < -0.3 is 15.3 Å². The number of likely N-dealkylation sites (tertiary alicyclic amines) is 1. The van der Waals surface area contributed by atoms with Gasteiger partial charge in [0, 0.05) is 25.5 Å². The molecule has 108 valence electrons. The van der Waals surface area contributed by atoms with Gasteiger partial charge in [-0.3, -0.25) is 9.78 Å². The molecule has 1 aromatic heterocycles. The van der Waals surface area contributed by atoms with Gasteiger partial charge in [-0.1, -0.05) is 13.0 Å². The fraction of sp³-hybridized carbons (Fsp3) is 0.500. The number of aliphatic carboxylic acids is 1. The number of rotatable bonds is 4. The molecule has 2 atom stereocenters. The molecular weight excluding hydrogens is 258 g/mol. The van der Waals surface area contributed by atoms with Gasteiger partial charge in [-0.2, -0.15) is 0 Å². The van der Waals surface area contributed by atoms with Crippen LogP contribution in [0.2, 0.25) is 0 Å². The first-order valence-electron chi connectivity index (χ1n) is 6.74. The van der Waals surface area contributed by atoms with Crippen LogP contribution in [0.15, 0.2) is 24.5 Å².